The van der Waals surface area contributed by atoms with Crippen LogP contribution in [0.2, 0.25) is 5.02 Å². The van der Waals surface area contributed by atoms with Gasteiger partial charge in [0, 0.05) is 8.95 Å². The van der Waals surface area contributed by atoms with Gasteiger partial charge in [-0.25, -0.2) is 8.42 Å². The summed E-state index contributed by atoms with van der Waals surface area (Å²) in [6.07, 6.45) is 0. The van der Waals surface area contributed by atoms with Crippen LogP contribution in [0.1, 0.15) is 0 Å². The van der Waals surface area contributed by atoms with Crippen molar-refractivity contribution in [2.45, 2.75) is 4.90 Å². The second-order valence-electron chi connectivity index (χ2n) is 4.02. The first-order valence-corrected chi connectivity index (χ1v) is 9.09. The molecule has 8 heteroatoms. The van der Waals surface area contributed by atoms with E-state index >= 15 is 0 Å². The molecule has 0 atom stereocenters. The van der Waals surface area contributed by atoms with Gasteiger partial charge < -0.3 is 4.74 Å². The van der Waals surface area contributed by atoms with E-state index in [1.807, 2.05) is 0 Å². The lowest BCUT2D eigenvalue weighted by Crippen LogP contribution is -2.14. The Morgan fingerprint density at radius 2 is 1.71 bits per heavy atom. The number of sulfonamides is 1. The minimum absolute atomic E-state index is 0.0235. The molecule has 0 amide bonds. The molecule has 112 valence electrons. The molecule has 4 nitrogen and oxygen atoms in total. The molecule has 0 aliphatic heterocycles. The topological polar surface area (TPSA) is 55.4 Å². The van der Waals surface area contributed by atoms with Gasteiger partial charge in [0.2, 0.25) is 0 Å². The molecule has 0 heterocycles. The lowest BCUT2D eigenvalue weighted by atomic mass is 10.3. The maximum Gasteiger partial charge on any atom is 0.265 e. The molecule has 0 radical (unpaired) electrons. The number of benzene rings is 2. The van der Waals surface area contributed by atoms with Crippen molar-refractivity contribution in [3.63, 3.8) is 0 Å². The lowest BCUT2D eigenvalue weighted by Gasteiger charge is -2.13. The summed E-state index contributed by atoms with van der Waals surface area (Å²) in [4.78, 5) is 0.0235. The zero-order chi connectivity index (χ0) is 15.6. The number of methoxy groups -OCH3 is 1. The molecule has 0 saturated heterocycles. The summed E-state index contributed by atoms with van der Waals surface area (Å²) < 4.78 is 33.9. The van der Waals surface area contributed by atoms with Crippen LogP contribution in [0, 0.1) is 0 Å². The highest BCUT2D eigenvalue weighted by Crippen LogP contribution is 2.32. The molecule has 0 spiro atoms. The molecule has 0 bridgehead atoms. The average Bonchev–Trinajstić information content (AvgIpc) is 2.42. The average molecular weight is 456 g/mol. The van der Waals surface area contributed by atoms with Crippen molar-refractivity contribution in [2.75, 3.05) is 11.8 Å². The fraction of sp³-hybridized carbons (Fsp3) is 0.0769. The van der Waals surface area contributed by atoms with Crippen molar-refractivity contribution in [3.8, 4) is 5.75 Å². The Hall–Kier alpha value is -0.760. The minimum atomic E-state index is -3.83. The Balaban J connectivity index is 2.48. The number of hydrogen-bond donors (Lipinski definition) is 1. The molecular weight excluding hydrogens is 445 g/mol. The predicted octanol–water partition coefficient (Wildman–Crippen LogP) is 4.67. The van der Waals surface area contributed by atoms with E-state index < -0.39 is 10.0 Å². The number of rotatable bonds is 4. The molecule has 2 rings (SSSR count). The summed E-state index contributed by atoms with van der Waals surface area (Å²) in [7, 11) is -2.42. The highest BCUT2D eigenvalue weighted by atomic mass is 79.9. The van der Waals surface area contributed by atoms with Crippen molar-refractivity contribution in [1.29, 1.82) is 0 Å². The number of ether oxygens (including phenoxy) is 1. The quantitative estimate of drug-likeness (QED) is 0.729. The molecule has 21 heavy (non-hydrogen) atoms. The summed E-state index contributed by atoms with van der Waals surface area (Å²) in [6, 6.07) is 9.64. The van der Waals surface area contributed by atoms with Crippen molar-refractivity contribution in [3.05, 3.63) is 50.4 Å². The largest absolute Gasteiger partial charge is 0.495 e. The Kier molecular flexibility index (Phi) is 5.19. The van der Waals surface area contributed by atoms with Crippen LogP contribution in [-0.2, 0) is 10.0 Å². The van der Waals surface area contributed by atoms with Crippen LogP contribution in [0.4, 0.5) is 5.69 Å². The van der Waals surface area contributed by atoms with Crippen molar-refractivity contribution < 1.29 is 13.2 Å². The van der Waals surface area contributed by atoms with Crippen LogP contribution in [0.15, 0.2) is 50.2 Å². The van der Waals surface area contributed by atoms with Crippen LogP contribution in [0.3, 0.4) is 0 Å². The third kappa shape index (κ3) is 3.91. The normalized spacial score (nSPS) is 11.2. The summed E-state index contributed by atoms with van der Waals surface area (Å²) >= 11 is 12.5. The molecule has 1 N–H and O–H groups in total. The van der Waals surface area contributed by atoms with Crippen LogP contribution in [0.5, 0.6) is 5.75 Å². The highest BCUT2D eigenvalue weighted by Gasteiger charge is 2.21. The van der Waals surface area contributed by atoms with E-state index in [2.05, 4.69) is 36.6 Å². The maximum atomic E-state index is 12.5. The molecular formula is C13H10Br2ClNO3S. The van der Waals surface area contributed by atoms with E-state index in [0.717, 1.165) is 0 Å². The van der Waals surface area contributed by atoms with Crippen LogP contribution in [-0.4, -0.2) is 15.5 Å². The van der Waals surface area contributed by atoms with Gasteiger partial charge in [-0.3, -0.25) is 4.72 Å². The summed E-state index contributed by atoms with van der Waals surface area (Å²) in [5, 5.41) is 0.302. The van der Waals surface area contributed by atoms with E-state index in [1.54, 1.807) is 30.3 Å². The Morgan fingerprint density at radius 3 is 2.38 bits per heavy atom. The molecule has 2 aromatic rings. The second-order valence-corrected chi connectivity index (χ2v) is 7.91. The first kappa shape index (κ1) is 16.6. The smallest absolute Gasteiger partial charge is 0.265 e. The number of halogens is 3. The van der Waals surface area contributed by atoms with Crippen LogP contribution in [0.25, 0.3) is 0 Å². The fourth-order valence-corrected chi connectivity index (χ4v) is 4.00. The number of nitrogens with one attached hydrogen (secondary N) is 1. The zero-order valence-corrected chi connectivity index (χ0v) is 15.5. The van der Waals surface area contributed by atoms with Crippen LogP contribution >= 0.6 is 43.5 Å². The molecule has 0 aliphatic rings. The van der Waals surface area contributed by atoms with E-state index in [1.165, 1.54) is 13.2 Å². The first-order valence-electron chi connectivity index (χ1n) is 5.65. The standard InChI is InChI=1S/C13H10Br2ClNO3S/c1-20-12-5-3-9(15)7-13(12)21(18,19)17-11-6-8(14)2-4-10(11)16/h2-7,17H,1H3. The summed E-state index contributed by atoms with van der Waals surface area (Å²) in [6.45, 7) is 0. The van der Waals surface area contributed by atoms with E-state index in [0.29, 0.717) is 14.0 Å². The van der Waals surface area contributed by atoms with Crippen LogP contribution < -0.4 is 9.46 Å². The van der Waals surface area contributed by atoms with Gasteiger partial charge in [0.25, 0.3) is 10.0 Å². The van der Waals surface area contributed by atoms with Gasteiger partial charge >= 0.3 is 0 Å². The highest BCUT2D eigenvalue weighted by molar-refractivity contribution is 9.10. The molecule has 0 aliphatic carbocycles. The van der Waals surface area contributed by atoms with Crippen molar-refractivity contribution >= 4 is 59.2 Å². The number of hydrogen-bond acceptors (Lipinski definition) is 3. The predicted molar refractivity (Wildman–Crippen MR) is 90.7 cm³/mol. The third-order valence-electron chi connectivity index (χ3n) is 2.59. The van der Waals surface area contributed by atoms with E-state index in [4.69, 9.17) is 16.3 Å². The monoisotopic (exact) mass is 453 g/mol. The summed E-state index contributed by atoms with van der Waals surface area (Å²) in [5.74, 6) is 0.247. The molecule has 0 unspecified atom stereocenters. The second kappa shape index (κ2) is 6.56. The van der Waals surface area contributed by atoms with Gasteiger partial charge in [0.1, 0.15) is 10.6 Å². The van der Waals surface area contributed by atoms with Gasteiger partial charge in [-0.1, -0.05) is 43.5 Å². The number of anilines is 1. The maximum absolute atomic E-state index is 12.5. The Bertz CT molecular complexity index is 781. The van der Waals surface area contributed by atoms with Gasteiger partial charge in [-0.05, 0) is 36.4 Å². The Labute approximate surface area is 144 Å². The van der Waals surface area contributed by atoms with Gasteiger partial charge in [-0.15, -0.1) is 0 Å². The molecule has 0 saturated carbocycles. The third-order valence-corrected chi connectivity index (χ3v) is 5.29. The fourth-order valence-electron chi connectivity index (χ4n) is 1.64. The van der Waals surface area contributed by atoms with Gasteiger partial charge in [-0.2, -0.15) is 0 Å². The van der Waals surface area contributed by atoms with Gasteiger partial charge in [0.15, 0.2) is 0 Å². The van der Waals surface area contributed by atoms with Crippen molar-refractivity contribution in [1.82, 2.24) is 0 Å². The minimum Gasteiger partial charge on any atom is -0.495 e. The molecule has 0 aromatic heterocycles. The van der Waals surface area contributed by atoms with E-state index in [9.17, 15) is 8.42 Å². The lowest BCUT2D eigenvalue weighted by molar-refractivity contribution is 0.403. The SMILES string of the molecule is COc1ccc(Br)cc1S(=O)(=O)Nc1cc(Br)ccc1Cl. The van der Waals surface area contributed by atoms with Gasteiger partial charge in [0.05, 0.1) is 17.8 Å². The van der Waals surface area contributed by atoms with E-state index in [-0.39, 0.29) is 16.3 Å². The zero-order valence-electron chi connectivity index (χ0n) is 10.7. The molecule has 0 fully saturated rings. The van der Waals surface area contributed by atoms with Crippen molar-refractivity contribution in [2.24, 2.45) is 0 Å². The first-order chi connectivity index (χ1) is 9.83. The molecule has 2 aromatic carbocycles. The summed E-state index contributed by atoms with van der Waals surface area (Å²) in [5.41, 5.74) is 0.285. The Morgan fingerprint density at radius 1 is 1.10 bits per heavy atom.